The second-order valence-electron chi connectivity index (χ2n) is 5.22. The van der Waals surface area contributed by atoms with Gasteiger partial charge >= 0.3 is 0 Å². The lowest BCUT2D eigenvalue weighted by atomic mass is 10.0. The maximum atomic E-state index is 13.4. The summed E-state index contributed by atoms with van der Waals surface area (Å²) in [6.45, 7) is 2.19. The fraction of sp³-hybridized carbons (Fsp3) is 0.400. The van der Waals surface area contributed by atoms with E-state index in [9.17, 15) is 9.50 Å². The van der Waals surface area contributed by atoms with Gasteiger partial charge in [0.25, 0.3) is 0 Å². The molecule has 106 valence electrons. The van der Waals surface area contributed by atoms with E-state index in [4.69, 9.17) is 0 Å². The van der Waals surface area contributed by atoms with Gasteiger partial charge in [-0.3, -0.25) is 9.58 Å². The number of halogens is 1. The van der Waals surface area contributed by atoms with Crippen LogP contribution in [0.15, 0.2) is 42.7 Å². The van der Waals surface area contributed by atoms with E-state index in [2.05, 4.69) is 10.00 Å². The topological polar surface area (TPSA) is 41.3 Å². The summed E-state index contributed by atoms with van der Waals surface area (Å²) >= 11 is 0. The summed E-state index contributed by atoms with van der Waals surface area (Å²) in [6, 6.07) is 8.62. The zero-order chi connectivity index (χ0) is 13.9. The van der Waals surface area contributed by atoms with Gasteiger partial charge in [0.1, 0.15) is 5.82 Å². The summed E-state index contributed by atoms with van der Waals surface area (Å²) in [5.41, 5.74) is 0.932. The molecule has 0 spiro atoms. The SMILES string of the molecule is O[C@H]1C[C@@H](c2cccc(F)c2)N(CCn2cccn2)C1. The predicted molar refractivity (Wildman–Crippen MR) is 73.6 cm³/mol. The molecule has 0 bridgehead atoms. The van der Waals surface area contributed by atoms with Crippen molar-refractivity contribution in [2.75, 3.05) is 13.1 Å². The molecule has 1 aliphatic heterocycles. The molecule has 2 atom stereocenters. The van der Waals surface area contributed by atoms with E-state index in [1.54, 1.807) is 18.3 Å². The number of β-amino-alcohol motifs (C(OH)–C–C–N with tert-alkyl or cyclic N) is 1. The van der Waals surface area contributed by atoms with Gasteiger partial charge in [0.2, 0.25) is 0 Å². The zero-order valence-electron chi connectivity index (χ0n) is 11.2. The Hall–Kier alpha value is -1.72. The number of likely N-dealkylation sites (tertiary alicyclic amines) is 1. The zero-order valence-corrected chi connectivity index (χ0v) is 11.2. The summed E-state index contributed by atoms with van der Waals surface area (Å²) in [6.07, 6.45) is 3.98. The molecule has 0 aliphatic carbocycles. The largest absolute Gasteiger partial charge is 0.392 e. The Morgan fingerprint density at radius 2 is 2.20 bits per heavy atom. The first kappa shape index (κ1) is 13.3. The molecule has 3 rings (SSSR count). The first-order valence-electron chi connectivity index (χ1n) is 6.87. The third kappa shape index (κ3) is 2.89. The Morgan fingerprint density at radius 3 is 2.95 bits per heavy atom. The van der Waals surface area contributed by atoms with Crippen LogP contribution in [0.25, 0.3) is 0 Å². The summed E-state index contributed by atoms with van der Waals surface area (Å²) < 4.78 is 15.2. The van der Waals surface area contributed by atoms with Crippen LogP contribution in [-0.4, -0.2) is 39.0 Å². The van der Waals surface area contributed by atoms with Crippen molar-refractivity contribution in [3.05, 3.63) is 54.1 Å². The van der Waals surface area contributed by atoms with Gasteiger partial charge in [0, 0.05) is 31.5 Å². The van der Waals surface area contributed by atoms with Crippen LogP contribution in [0.4, 0.5) is 4.39 Å². The molecule has 1 aromatic heterocycles. The minimum atomic E-state index is -0.346. The van der Waals surface area contributed by atoms with E-state index in [-0.39, 0.29) is 18.0 Å². The number of aliphatic hydroxyl groups excluding tert-OH is 1. The lowest BCUT2D eigenvalue weighted by Crippen LogP contribution is -2.28. The van der Waals surface area contributed by atoms with Crippen LogP contribution >= 0.6 is 0 Å². The van der Waals surface area contributed by atoms with Crippen molar-refractivity contribution >= 4 is 0 Å². The van der Waals surface area contributed by atoms with Crippen molar-refractivity contribution in [1.82, 2.24) is 14.7 Å². The molecule has 0 amide bonds. The monoisotopic (exact) mass is 275 g/mol. The van der Waals surface area contributed by atoms with Gasteiger partial charge < -0.3 is 5.11 Å². The number of hydrogen-bond donors (Lipinski definition) is 1. The third-order valence-electron chi connectivity index (χ3n) is 3.79. The number of aliphatic hydroxyl groups is 1. The Kier molecular flexibility index (Phi) is 3.80. The Balaban J connectivity index is 1.71. The fourth-order valence-corrected chi connectivity index (χ4v) is 2.85. The lowest BCUT2D eigenvalue weighted by Gasteiger charge is -2.24. The third-order valence-corrected chi connectivity index (χ3v) is 3.79. The van der Waals surface area contributed by atoms with Gasteiger partial charge in [-0.2, -0.15) is 5.10 Å². The van der Waals surface area contributed by atoms with Crippen LogP contribution in [0.1, 0.15) is 18.0 Å². The molecule has 0 unspecified atom stereocenters. The van der Waals surface area contributed by atoms with E-state index in [0.717, 1.165) is 18.7 Å². The Bertz CT molecular complexity index is 558. The van der Waals surface area contributed by atoms with Crippen LogP contribution in [-0.2, 0) is 6.54 Å². The number of benzene rings is 1. The van der Waals surface area contributed by atoms with Gasteiger partial charge in [0.05, 0.1) is 12.6 Å². The highest BCUT2D eigenvalue weighted by Gasteiger charge is 2.31. The van der Waals surface area contributed by atoms with E-state index in [0.29, 0.717) is 13.0 Å². The molecule has 2 aromatic rings. The van der Waals surface area contributed by atoms with Gasteiger partial charge in [0.15, 0.2) is 0 Å². The summed E-state index contributed by atoms with van der Waals surface area (Å²) in [5, 5.41) is 14.1. The highest BCUT2D eigenvalue weighted by Crippen LogP contribution is 2.32. The molecule has 1 fully saturated rings. The van der Waals surface area contributed by atoms with E-state index in [1.165, 1.54) is 6.07 Å². The van der Waals surface area contributed by atoms with Crippen molar-refractivity contribution in [3.63, 3.8) is 0 Å². The molecule has 0 saturated carbocycles. The van der Waals surface area contributed by atoms with Crippen LogP contribution < -0.4 is 0 Å². The normalized spacial score (nSPS) is 23.3. The quantitative estimate of drug-likeness (QED) is 0.925. The number of aromatic nitrogens is 2. The maximum Gasteiger partial charge on any atom is 0.123 e. The predicted octanol–water partition coefficient (Wildman–Crippen LogP) is 1.83. The van der Waals surface area contributed by atoms with Crippen LogP contribution in [0.5, 0.6) is 0 Å². The minimum Gasteiger partial charge on any atom is -0.392 e. The first-order chi connectivity index (χ1) is 9.72. The van der Waals surface area contributed by atoms with E-state index < -0.39 is 0 Å². The van der Waals surface area contributed by atoms with Crippen molar-refractivity contribution in [3.8, 4) is 0 Å². The number of rotatable bonds is 4. The second-order valence-corrected chi connectivity index (χ2v) is 5.22. The van der Waals surface area contributed by atoms with Crippen molar-refractivity contribution in [1.29, 1.82) is 0 Å². The molecule has 2 heterocycles. The summed E-state index contributed by atoms with van der Waals surface area (Å²) in [4.78, 5) is 2.20. The van der Waals surface area contributed by atoms with Crippen LogP contribution in [0.3, 0.4) is 0 Å². The van der Waals surface area contributed by atoms with E-state index >= 15 is 0 Å². The molecular formula is C15H18FN3O. The summed E-state index contributed by atoms with van der Waals surface area (Å²) in [7, 11) is 0. The Labute approximate surface area is 117 Å². The Morgan fingerprint density at radius 1 is 1.30 bits per heavy atom. The average Bonchev–Trinajstić information content (AvgIpc) is 3.05. The maximum absolute atomic E-state index is 13.4. The average molecular weight is 275 g/mol. The smallest absolute Gasteiger partial charge is 0.123 e. The van der Waals surface area contributed by atoms with Gasteiger partial charge in [-0.05, 0) is 30.2 Å². The lowest BCUT2D eigenvalue weighted by molar-refractivity contribution is 0.172. The van der Waals surface area contributed by atoms with Crippen LogP contribution in [0, 0.1) is 5.82 Å². The summed E-state index contributed by atoms with van der Waals surface area (Å²) in [5.74, 6) is -0.226. The standard InChI is InChI=1S/C15H18FN3O/c16-13-4-1-3-12(9-13)15-10-14(20)11-18(15)7-8-19-6-2-5-17-19/h1-6,9,14-15,20H,7-8,10-11H2/t14-,15-/m0/s1. The van der Waals surface area contributed by atoms with Crippen molar-refractivity contribution in [2.24, 2.45) is 0 Å². The number of hydrogen-bond acceptors (Lipinski definition) is 3. The van der Waals surface area contributed by atoms with Crippen LogP contribution in [0.2, 0.25) is 0 Å². The molecule has 1 aromatic carbocycles. The first-order valence-corrected chi connectivity index (χ1v) is 6.87. The molecule has 4 nitrogen and oxygen atoms in total. The second kappa shape index (κ2) is 5.73. The molecule has 1 N–H and O–H groups in total. The highest BCUT2D eigenvalue weighted by atomic mass is 19.1. The molecule has 20 heavy (non-hydrogen) atoms. The van der Waals surface area contributed by atoms with Gasteiger partial charge in [-0.1, -0.05) is 12.1 Å². The highest BCUT2D eigenvalue weighted by molar-refractivity contribution is 5.21. The molecule has 5 heteroatoms. The molecule has 1 saturated heterocycles. The molecular weight excluding hydrogens is 257 g/mol. The number of nitrogens with zero attached hydrogens (tertiary/aromatic N) is 3. The van der Waals surface area contributed by atoms with Crippen molar-refractivity contribution in [2.45, 2.75) is 25.1 Å². The fourth-order valence-electron chi connectivity index (χ4n) is 2.85. The molecule has 0 radical (unpaired) electrons. The molecule has 1 aliphatic rings. The van der Waals surface area contributed by atoms with Gasteiger partial charge in [-0.15, -0.1) is 0 Å². The van der Waals surface area contributed by atoms with Crippen molar-refractivity contribution < 1.29 is 9.50 Å². The van der Waals surface area contributed by atoms with E-state index in [1.807, 2.05) is 23.0 Å². The van der Waals surface area contributed by atoms with Gasteiger partial charge in [-0.25, -0.2) is 4.39 Å². The minimum absolute atomic E-state index is 0.0799.